The number of nitrogens with one attached hydrogen (secondary N) is 1. The Balaban J connectivity index is 1.70. The molecule has 1 saturated heterocycles. The van der Waals surface area contributed by atoms with Crippen LogP contribution in [-0.2, 0) is 11.3 Å². The van der Waals surface area contributed by atoms with Gasteiger partial charge >= 0.3 is 0 Å². The largest absolute Gasteiger partial charge is 0.497 e. The average molecular weight is 357 g/mol. The summed E-state index contributed by atoms with van der Waals surface area (Å²) in [6, 6.07) is 12.9. The van der Waals surface area contributed by atoms with E-state index in [4.69, 9.17) is 18.9 Å². The van der Waals surface area contributed by atoms with Gasteiger partial charge in [-0.3, -0.25) is 4.79 Å². The fourth-order valence-electron chi connectivity index (χ4n) is 2.36. The summed E-state index contributed by atoms with van der Waals surface area (Å²) in [6.45, 7) is 3.43. The first-order valence-corrected chi connectivity index (χ1v) is 8.41. The number of hydrogen-bond acceptors (Lipinski definition) is 5. The molecule has 6 nitrogen and oxygen atoms in total. The molecule has 0 aromatic heterocycles. The fourth-order valence-corrected chi connectivity index (χ4v) is 2.36. The minimum absolute atomic E-state index is 0.205. The van der Waals surface area contributed by atoms with Crippen LogP contribution in [-0.4, -0.2) is 38.9 Å². The monoisotopic (exact) mass is 357 g/mol. The molecule has 0 saturated carbocycles. The maximum absolute atomic E-state index is 12.1. The maximum atomic E-state index is 12.1. The lowest BCUT2D eigenvalue weighted by Crippen LogP contribution is -2.22. The standard InChI is InChI=1S/C20H23NO5/c1-20(13-26-20)12-25-18-10-16(8-9-17(18)19(22)21-2)24-11-14-4-6-15(23-3)7-5-14/h4-10H,11-13H2,1-3H3,(H,21,22)/t20-/m0/s1. The normalized spacial score (nSPS) is 18.1. The van der Waals surface area contributed by atoms with E-state index in [-0.39, 0.29) is 11.5 Å². The van der Waals surface area contributed by atoms with Crippen molar-refractivity contribution in [3.63, 3.8) is 0 Å². The summed E-state index contributed by atoms with van der Waals surface area (Å²) in [6.07, 6.45) is 0. The molecule has 0 unspecified atom stereocenters. The smallest absolute Gasteiger partial charge is 0.254 e. The van der Waals surface area contributed by atoms with Gasteiger partial charge in [-0.25, -0.2) is 0 Å². The summed E-state index contributed by atoms with van der Waals surface area (Å²) in [5, 5.41) is 2.62. The summed E-state index contributed by atoms with van der Waals surface area (Å²) in [4.78, 5) is 12.1. The van der Waals surface area contributed by atoms with Gasteiger partial charge in [0.25, 0.3) is 5.91 Å². The third kappa shape index (κ3) is 4.46. The summed E-state index contributed by atoms with van der Waals surface area (Å²) >= 11 is 0. The number of benzene rings is 2. The molecule has 1 N–H and O–H groups in total. The van der Waals surface area contributed by atoms with Crippen molar-refractivity contribution in [1.29, 1.82) is 0 Å². The van der Waals surface area contributed by atoms with Crippen molar-refractivity contribution in [2.75, 3.05) is 27.4 Å². The highest BCUT2D eigenvalue weighted by molar-refractivity contribution is 5.96. The predicted molar refractivity (Wildman–Crippen MR) is 97.0 cm³/mol. The van der Waals surface area contributed by atoms with Gasteiger partial charge in [0, 0.05) is 13.1 Å². The van der Waals surface area contributed by atoms with Crippen molar-refractivity contribution >= 4 is 5.91 Å². The number of ether oxygens (including phenoxy) is 4. The van der Waals surface area contributed by atoms with Gasteiger partial charge in [0.1, 0.15) is 36.1 Å². The molecule has 138 valence electrons. The van der Waals surface area contributed by atoms with Gasteiger partial charge in [0.05, 0.1) is 19.3 Å². The Kier molecular flexibility index (Phi) is 5.32. The Morgan fingerprint density at radius 3 is 2.46 bits per heavy atom. The molecular formula is C20H23NO5. The maximum Gasteiger partial charge on any atom is 0.254 e. The van der Waals surface area contributed by atoms with E-state index < -0.39 is 0 Å². The minimum atomic E-state index is -0.264. The van der Waals surface area contributed by atoms with Gasteiger partial charge in [-0.2, -0.15) is 0 Å². The van der Waals surface area contributed by atoms with Crippen LogP contribution in [0.5, 0.6) is 17.2 Å². The molecule has 1 aliphatic heterocycles. The zero-order valence-corrected chi connectivity index (χ0v) is 15.2. The Bertz CT molecular complexity index is 768. The van der Waals surface area contributed by atoms with Crippen molar-refractivity contribution in [1.82, 2.24) is 5.32 Å². The van der Waals surface area contributed by atoms with Gasteiger partial charge in [0.15, 0.2) is 0 Å². The molecule has 1 atom stereocenters. The predicted octanol–water partition coefficient (Wildman–Crippen LogP) is 2.80. The van der Waals surface area contributed by atoms with Crippen molar-refractivity contribution in [3.8, 4) is 17.2 Å². The third-order valence-corrected chi connectivity index (χ3v) is 4.16. The van der Waals surface area contributed by atoms with E-state index in [0.29, 0.717) is 36.9 Å². The number of hydrogen-bond donors (Lipinski definition) is 1. The van der Waals surface area contributed by atoms with Crippen molar-refractivity contribution in [2.45, 2.75) is 19.1 Å². The van der Waals surface area contributed by atoms with Crippen LogP contribution in [0.25, 0.3) is 0 Å². The molecule has 0 aliphatic carbocycles. The zero-order valence-electron chi connectivity index (χ0n) is 15.2. The number of carbonyl (C=O) groups excluding carboxylic acids is 1. The van der Waals surface area contributed by atoms with Crippen LogP contribution in [0, 0.1) is 0 Å². The molecule has 26 heavy (non-hydrogen) atoms. The van der Waals surface area contributed by atoms with E-state index in [2.05, 4.69) is 5.32 Å². The molecule has 1 amide bonds. The van der Waals surface area contributed by atoms with Gasteiger partial charge in [-0.1, -0.05) is 12.1 Å². The molecule has 1 aliphatic rings. The van der Waals surface area contributed by atoms with Crippen molar-refractivity contribution in [2.24, 2.45) is 0 Å². The number of rotatable bonds is 8. The molecule has 0 bridgehead atoms. The highest BCUT2D eigenvalue weighted by Crippen LogP contribution is 2.30. The molecule has 3 rings (SSSR count). The van der Waals surface area contributed by atoms with Crippen LogP contribution in [0.3, 0.4) is 0 Å². The number of amides is 1. The number of epoxide rings is 1. The topological polar surface area (TPSA) is 69.3 Å². The van der Waals surface area contributed by atoms with E-state index in [1.807, 2.05) is 31.2 Å². The average Bonchev–Trinajstić information content (AvgIpc) is 3.42. The Morgan fingerprint density at radius 2 is 1.85 bits per heavy atom. The molecule has 0 radical (unpaired) electrons. The molecule has 2 aromatic rings. The van der Waals surface area contributed by atoms with E-state index in [9.17, 15) is 4.79 Å². The Hall–Kier alpha value is -2.73. The first kappa shape index (κ1) is 18.1. The zero-order chi connectivity index (χ0) is 18.6. The van der Waals surface area contributed by atoms with E-state index >= 15 is 0 Å². The lowest BCUT2D eigenvalue weighted by Gasteiger charge is -2.14. The second kappa shape index (κ2) is 7.66. The lowest BCUT2D eigenvalue weighted by atomic mass is 10.1. The van der Waals surface area contributed by atoms with Crippen LogP contribution in [0.15, 0.2) is 42.5 Å². The molecule has 0 spiro atoms. The van der Waals surface area contributed by atoms with Crippen LogP contribution >= 0.6 is 0 Å². The van der Waals surface area contributed by atoms with Gasteiger partial charge in [-0.05, 0) is 36.8 Å². The van der Waals surface area contributed by atoms with Crippen molar-refractivity contribution in [3.05, 3.63) is 53.6 Å². The van der Waals surface area contributed by atoms with E-state index in [1.165, 1.54) is 0 Å². The SMILES string of the molecule is CNC(=O)c1ccc(OCc2ccc(OC)cc2)cc1OC[C@@]1(C)CO1. The van der Waals surface area contributed by atoms with Gasteiger partial charge < -0.3 is 24.3 Å². The quantitative estimate of drug-likeness (QED) is 0.736. The summed E-state index contributed by atoms with van der Waals surface area (Å²) < 4.78 is 22.1. The highest BCUT2D eigenvalue weighted by atomic mass is 16.6. The highest BCUT2D eigenvalue weighted by Gasteiger charge is 2.40. The number of carbonyl (C=O) groups is 1. The van der Waals surface area contributed by atoms with Crippen molar-refractivity contribution < 1.29 is 23.7 Å². The summed E-state index contributed by atoms with van der Waals surface area (Å²) in [5.74, 6) is 1.71. The summed E-state index contributed by atoms with van der Waals surface area (Å²) in [5.41, 5.74) is 1.22. The summed E-state index contributed by atoms with van der Waals surface area (Å²) in [7, 11) is 3.22. The van der Waals surface area contributed by atoms with Crippen LogP contribution in [0.1, 0.15) is 22.8 Å². The fraction of sp³-hybridized carbons (Fsp3) is 0.350. The third-order valence-electron chi connectivity index (χ3n) is 4.16. The minimum Gasteiger partial charge on any atom is -0.497 e. The Morgan fingerprint density at radius 1 is 1.15 bits per heavy atom. The van der Waals surface area contributed by atoms with Gasteiger partial charge in [-0.15, -0.1) is 0 Å². The van der Waals surface area contributed by atoms with Crippen LogP contribution in [0.4, 0.5) is 0 Å². The molecule has 1 heterocycles. The van der Waals surface area contributed by atoms with E-state index in [0.717, 1.165) is 11.3 Å². The first-order valence-electron chi connectivity index (χ1n) is 8.41. The molecule has 2 aromatic carbocycles. The first-order chi connectivity index (χ1) is 12.5. The van der Waals surface area contributed by atoms with Crippen LogP contribution < -0.4 is 19.5 Å². The second-order valence-electron chi connectivity index (χ2n) is 6.40. The molecule has 1 fully saturated rings. The van der Waals surface area contributed by atoms with Gasteiger partial charge in [0.2, 0.25) is 0 Å². The lowest BCUT2D eigenvalue weighted by molar-refractivity contribution is 0.0956. The molecular weight excluding hydrogens is 334 g/mol. The van der Waals surface area contributed by atoms with E-state index in [1.54, 1.807) is 32.4 Å². The Labute approximate surface area is 153 Å². The second-order valence-corrected chi connectivity index (χ2v) is 6.40. The number of methoxy groups -OCH3 is 1. The molecule has 6 heteroatoms. The van der Waals surface area contributed by atoms with Crippen LogP contribution in [0.2, 0.25) is 0 Å².